The van der Waals surface area contributed by atoms with Crippen LogP contribution in [0.3, 0.4) is 0 Å². The Balaban J connectivity index is 3.24. The summed E-state index contributed by atoms with van der Waals surface area (Å²) in [6.07, 6.45) is 5.09. The molecule has 0 aliphatic carbocycles. The topological polar surface area (TPSA) is 110 Å². The van der Waals surface area contributed by atoms with Gasteiger partial charge in [-0.05, 0) is 6.07 Å². The van der Waals surface area contributed by atoms with Gasteiger partial charge < -0.3 is 14.7 Å². The Labute approximate surface area is 120 Å². The lowest BCUT2D eigenvalue weighted by Crippen LogP contribution is -2.36. The van der Waals surface area contributed by atoms with Crippen molar-refractivity contribution in [1.82, 2.24) is 4.90 Å². The van der Waals surface area contributed by atoms with Crippen molar-refractivity contribution < 1.29 is 24.4 Å². The standard InChI is InChI=1S/C13H12N2O6/c1-3-6-14(8-12(16)17)13(18)10-7-9(15(19)20)4-5-11(10)21-2/h1,4-5,7H,6,8H2,2H3,(H,16,17). The van der Waals surface area contributed by atoms with Crippen molar-refractivity contribution in [2.24, 2.45) is 0 Å². The summed E-state index contributed by atoms with van der Waals surface area (Å²) >= 11 is 0. The van der Waals surface area contributed by atoms with Gasteiger partial charge in [0.05, 0.1) is 24.1 Å². The zero-order chi connectivity index (χ0) is 16.0. The molecule has 0 heterocycles. The van der Waals surface area contributed by atoms with Crippen molar-refractivity contribution in [3.05, 3.63) is 33.9 Å². The van der Waals surface area contributed by atoms with Crippen LogP contribution in [0.15, 0.2) is 18.2 Å². The first-order valence-electron chi connectivity index (χ1n) is 5.67. The molecular weight excluding hydrogens is 280 g/mol. The number of terminal acetylenes is 1. The monoisotopic (exact) mass is 292 g/mol. The molecule has 1 aromatic rings. The third-order valence-corrected chi connectivity index (χ3v) is 2.52. The largest absolute Gasteiger partial charge is 0.496 e. The van der Waals surface area contributed by atoms with E-state index in [0.29, 0.717) is 0 Å². The van der Waals surface area contributed by atoms with Crippen molar-refractivity contribution in [3.63, 3.8) is 0 Å². The fraction of sp³-hybridized carbons (Fsp3) is 0.231. The number of benzene rings is 1. The second-order valence-corrected chi connectivity index (χ2v) is 3.90. The van der Waals surface area contributed by atoms with Gasteiger partial charge in [-0.3, -0.25) is 19.7 Å². The first-order chi connectivity index (χ1) is 9.90. The second-order valence-electron chi connectivity index (χ2n) is 3.90. The number of carboxylic acids is 1. The summed E-state index contributed by atoms with van der Waals surface area (Å²) < 4.78 is 4.97. The number of nitro groups is 1. The molecule has 0 saturated carbocycles. The molecule has 0 unspecified atom stereocenters. The van der Waals surface area contributed by atoms with Crippen LogP contribution in [0.1, 0.15) is 10.4 Å². The van der Waals surface area contributed by atoms with Crippen LogP contribution in [0.4, 0.5) is 5.69 Å². The summed E-state index contributed by atoms with van der Waals surface area (Å²) in [4.78, 5) is 34.0. The number of hydrogen-bond acceptors (Lipinski definition) is 5. The summed E-state index contributed by atoms with van der Waals surface area (Å²) in [6.45, 7) is -0.855. The highest BCUT2D eigenvalue weighted by Gasteiger charge is 2.23. The van der Waals surface area contributed by atoms with E-state index in [9.17, 15) is 19.7 Å². The number of amides is 1. The van der Waals surface area contributed by atoms with Crippen molar-refractivity contribution in [3.8, 4) is 18.1 Å². The summed E-state index contributed by atoms with van der Waals surface area (Å²) in [5.74, 6) is 0.260. The minimum Gasteiger partial charge on any atom is -0.496 e. The number of carbonyl (C=O) groups excluding carboxylic acids is 1. The third kappa shape index (κ3) is 3.94. The first kappa shape index (κ1) is 16.0. The molecule has 0 radical (unpaired) electrons. The van der Waals surface area contributed by atoms with Gasteiger partial charge in [-0.25, -0.2) is 0 Å². The fourth-order valence-electron chi connectivity index (χ4n) is 1.62. The minimum atomic E-state index is -1.25. The van der Waals surface area contributed by atoms with E-state index in [1.807, 2.05) is 0 Å². The van der Waals surface area contributed by atoms with Gasteiger partial charge in [0.1, 0.15) is 12.3 Å². The number of aliphatic carboxylic acids is 1. The minimum absolute atomic E-state index is 0.0954. The number of ether oxygens (including phenoxy) is 1. The zero-order valence-electron chi connectivity index (χ0n) is 11.1. The lowest BCUT2D eigenvalue weighted by Gasteiger charge is -2.19. The van der Waals surface area contributed by atoms with E-state index in [2.05, 4.69) is 5.92 Å². The Hall–Kier alpha value is -3.08. The van der Waals surface area contributed by atoms with E-state index in [0.717, 1.165) is 11.0 Å². The molecule has 1 rings (SSSR count). The molecule has 0 atom stereocenters. The Bertz CT molecular complexity index is 620. The molecule has 0 aromatic heterocycles. The van der Waals surface area contributed by atoms with Crippen molar-refractivity contribution in [1.29, 1.82) is 0 Å². The Kier molecular flexibility index (Phi) is 5.25. The molecule has 1 aromatic carbocycles. The van der Waals surface area contributed by atoms with E-state index >= 15 is 0 Å². The maximum atomic E-state index is 12.3. The number of non-ortho nitro benzene ring substituents is 1. The Morgan fingerprint density at radius 2 is 2.19 bits per heavy atom. The lowest BCUT2D eigenvalue weighted by atomic mass is 10.1. The molecule has 0 spiro atoms. The maximum absolute atomic E-state index is 12.3. The van der Waals surface area contributed by atoms with Crippen molar-refractivity contribution in [2.75, 3.05) is 20.2 Å². The number of carboxylic acid groups (broad SMARTS) is 1. The van der Waals surface area contributed by atoms with Crippen LogP contribution in [0.2, 0.25) is 0 Å². The summed E-state index contributed by atoms with van der Waals surface area (Å²) in [7, 11) is 1.29. The zero-order valence-corrected chi connectivity index (χ0v) is 11.1. The highest BCUT2D eigenvalue weighted by molar-refractivity contribution is 5.99. The van der Waals surface area contributed by atoms with Gasteiger partial charge in [-0.15, -0.1) is 6.42 Å². The van der Waals surface area contributed by atoms with Gasteiger partial charge in [0, 0.05) is 12.1 Å². The predicted octanol–water partition coefficient (Wildman–Crippen LogP) is 0.763. The molecule has 1 N–H and O–H groups in total. The van der Waals surface area contributed by atoms with E-state index in [1.165, 1.54) is 19.2 Å². The van der Waals surface area contributed by atoms with Crippen molar-refractivity contribution >= 4 is 17.6 Å². The van der Waals surface area contributed by atoms with E-state index in [4.69, 9.17) is 16.3 Å². The fourth-order valence-corrected chi connectivity index (χ4v) is 1.62. The van der Waals surface area contributed by atoms with Crippen LogP contribution < -0.4 is 4.74 Å². The molecule has 0 aliphatic heterocycles. The number of methoxy groups -OCH3 is 1. The average Bonchev–Trinajstić information content (AvgIpc) is 2.44. The van der Waals surface area contributed by atoms with Gasteiger partial charge in [-0.2, -0.15) is 0 Å². The van der Waals surface area contributed by atoms with Crippen LogP contribution >= 0.6 is 0 Å². The highest BCUT2D eigenvalue weighted by atomic mass is 16.6. The quantitative estimate of drug-likeness (QED) is 0.471. The normalized spacial score (nSPS) is 9.52. The third-order valence-electron chi connectivity index (χ3n) is 2.52. The smallest absolute Gasteiger partial charge is 0.323 e. The first-order valence-corrected chi connectivity index (χ1v) is 5.67. The van der Waals surface area contributed by atoms with Crippen LogP contribution in [-0.2, 0) is 4.79 Å². The maximum Gasteiger partial charge on any atom is 0.323 e. The van der Waals surface area contributed by atoms with Crippen LogP contribution in [0.25, 0.3) is 0 Å². The molecule has 110 valence electrons. The average molecular weight is 292 g/mol. The molecule has 21 heavy (non-hydrogen) atoms. The Morgan fingerprint density at radius 1 is 1.52 bits per heavy atom. The second kappa shape index (κ2) is 6.91. The SMILES string of the molecule is C#CCN(CC(=O)O)C(=O)c1cc([N+](=O)[O-])ccc1OC. The van der Waals surface area contributed by atoms with Gasteiger partial charge >= 0.3 is 5.97 Å². The molecule has 0 aliphatic rings. The van der Waals surface area contributed by atoms with Gasteiger partial charge in [0.2, 0.25) is 0 Å². The van der Waals surface area contributed by atoms with Crippen molar-refractivity contribution in [2.45, 2.75) is 0 Å². The van der Waals surface area contributed by atoms with Crippen LogP contribution in [0.5, 0.6) is 5.75 Å². The number of rotatable bonds is 6. The highest BCUT2D eigenvalue weighted by Crippen LogP contribution is 2.25. The summed E-state index contributed by atoms with van der Waals surface area (Å²) in [5.41, 5.74) is -0.432. The number of nitrogens with zero attached hydrogens (tertiary/aromatic N) is 2. The summed E-state index contributed by atoms with van der Waals surface area (Å²) in [5, 5.41) is 19.5. The molecule has 0 saturated heterocycles. The Morgan fingerprint density at radius 3 is 2.67 bits per heavy atom. The number of hydrogen-bond donors (Lipinski definition) is 1. The molecule has 8 heteroatoms. The number of nitro benzene ring substituents is 1. The number of carbonyl (C=O) groups is 2. The van der Waals surface area contributed by atoms with Gasteiger partial charge in [-0.1, -0.05) is 5.92 Å². The lowest BCUT2D eigenvalue weighted by molar-refractivity contribution is -0.384. The predicted molar refractivity (Wildman–Crippen MR) is 72.0 cm³/mol. The molecule has 0 bridgehead atoms. The van der Waals surface area contributed by atoms with Gasteiger partial charge in [0.15, 0.2) is 0 Å². The molecule has 1 amide bonds. The molecular formula is C13H12N2O6. The van der Waals surface area contributed by atoms with Gasteiger partial charge in [0.25, 0.3) is 11.6 Å². The van der Waals surface area contributed by atoms with E-state index < -0.39 is 23.3 Å². The summed E-state index contributed by atoms with van der Waals surface area (Å²) in [6, 6.07) is 3.46. The van der Waals surface area contributed by atoms with E-state index in [-0.39, 0.29) is 23.5 Å². The van der Waals surface area contributed by atoms with Crippen LogP contribution in [0, 0.1) is 22.5 Å². The van der Waals surface area contributed by atoms with Crippen LogP contribution in [-0.4, -0.2) is 47.0 Å². The molecule has 0 fully saturated rings. The van der Waals surface area contributed by atoms with E-state index in [1.54, 1.807) is 0 Å². The molecule has 8 nitrogen and oxygen atoms in total.